The Morgan fingerprint density at radius 1 is 1.00 bits per heavy atom. The van der Waals surface area contributed by atoms with Gasteiger partial charge in [0.2, 0.25) is 5.82 Å². The highest BCUT2D eigenvalue weighted by Crippen LogP contribution is 2.33. The van der Waals surface area contributed by atoms with E-state index in [1.54, 1.807) is 24.3 Å². The number of hydrazine groups is 1. The molecule has 0 aliphatic carbocycles. The smallest absolute Gasteiger partial charge is 0.374 e. The van der Waals surface area contributed by atoms with Crippen LogP contribution in [0.4, 0.5) is 11.5 Å². The van der Waals surface area contributed by atoms with E-state index in [0.29, 0.717) is 5.56 Å². The lowest BCUT2D eigenvalue weighted by Crippen LogP contribution is -2.30. The number of nitrogens with one attached hydrogen (secondary N) is 2. The summed E-state index contributed by atoms with van der Waals surface area (Å²) >= 11 is 0. The van der Waals surface area contributed by atoms with Crippen LogP contribution in [0.25, 0.3) is 0 Å². The Labute approximate surface area is 176 Å². The number of aromatic nitrogens is 2. The molecule has 0 saturated carbocycles. The molecule has 2 aromatic carbocycles. The molecule has 0 radical (unpaired) electrons. The maximum atomic E-state index is 12.2. The molecule has 3 rings (SSSR count). The minimum Gasteiger partial charge on any atom is -0.465 e. The van der Waals surface area contributed by atoms with Gasteiger partial charge in [-0.25, -0.2) is 9.78 Å². The molecule has 0 aliphatic heterocycles. The number of hydrogen-bond acceptors (Lipinski definition) is 9. The van der Waals surface area contributed by atoms with E-state index in [0.717, 1.165) is 11.9 Å². The van der Waals surface area contributed by atoms with Crippen LogP contribution in [-0.4, -0.2) is 33.9 Å². The van der Waals surface area contributed by atoms with Crippen molar-refractivity contribution in [2.24, 2.45) is 0 Å². The van der Waals surface area contributed by atoms with E-state index in [9.17, 15) is 19.7 Å². The summed E-state index contributed by atoms with van der Waals surface area (Å²) in [6.07, 6.45) is 1.05. The van der Waals surface area contributed by atoms with Crippen molar-refractivity contribution in [1.29, 1.82) is 0 Å². The fourth-order valence-corrected chi connectivity index (χ4v) is 2.47. The summed E-state index contributed by atoms with van der Waals surface area (Å²) in [5, 5.41) is 11.6. The number of anilines is 1. The number of carbonyl (C=O) groups excluding carboxylic acids is 2. The summed E-state index contributed by atoms with van der Waals surface area (Å²) in [5.41, 5.74) is 5.84. The van der Waals surface area contributed by atoms with Crippen molar-refractivity contribution < 1.29 is 24.0 Å². The van der Waals surface area contributed by atoms with Crippen molar-refractivity contribution in [1.82, 2.24) is 15.4 Å². The molecule has 0 saturated heterocycles. The first-order valence-electron chi connectivity index (χ1n) is 8.87. The molecule has 1 amide bonds. The topological polar surface area (TPSA) is 146 Å². The lowest BCUT2D eigenvalue weighted by Gasteiger charge is -2.10. The highest BCUT2D eigenvalue weighted by molar-refractivity contribution is 5.95. The molecular weight excluding hydrogens is 406 g/mol. The standard InChI is InChI=1S/C20H17N5O6/c1-12-3-5-13(6-4-12)18(26)24-23-17-16(25(28)29)19(22-11-21-17)31-15-9-7-14(8-10-15)20(27)30-2/h3-11H,1-2H3,(H,24,26)(H,21,22,23). The SMILES string of the molecule is COC(=O)c1ccc(Oc2ncnc(NNC(=O)c3ccc(C)cc3)c2[N+](=O)[O-])cc1. The number of ether oxygens (including phenoxy) is 2. The fraction of sp³-hybridized carbons (Fsp3) is 0.100. The van der Waals surface area contributed by atoms with E-state index >= 15 is 0 Å². The highest BCUT2D eigenvalue weighted by atomic mass is 16.6. The molecule has 0 aliphatic rings. The summed E-state index contributed by atoms with van der Waals surface area (Å²) in [6, 6.07) is 12.5. The van der Waals surface area contributed by atoms with Gasteiger partial charge < -0.3 is 9.47 Å². The van der Waals surface area contributed by atoms with Crippen molar-refractivity contribution in [3.63, 3.8) is 0 Å². The van der Waals surface area contributed by atoms with E-state index in [1.165, 1.54) is 31.4 Å². The number of carbonyl (C=O) groups is 2. The van der Waals surface area contributed by atoms with Crippen LogP contribution in [0.3, 0.4) is 0 Å². The molecule has 3 aromatic rings. The van der Waals surface area contributed by atoms with Crippen LogP contribution < -0.4 is 15.6 Å². The van der Waals surface area contributed by atoms with E-state index in [1.807, 2.05) is 6.92 Å². The summed E-state index contributed by atoms with van der Waals surface area (Å²) < 4.78 is 10.1. The molecule has 11 heteroatoms. The highest BCUT2D eigenvalue weighted by Gasteiger charge is 2.25. The van der Waals surface area contributed by atoms with Gasteiger partial charge in [0, 0.05) is 5.56 Å². The Morgan fingerprint density at radius 3 is 2.26 bits per heavy atom. The zero-order valence-corrected chi connectivity index (χ0v) is 16.5. The normalized spacial score (nSPS) is 10.1. The van der Waals surface area contributed by atoms with Gasteiger partial charge in [-0.15, -0.1) is 0 Å². The number of nitrogens with zero attached hydrogens (tertiary/aromatic N) is 3. The van der Waals surface area contributed by atoms with Crippen molar-refractivity contribution in [2.75, 3.05) is 12.5 Å². The number of esters is 1. The third-order valence-corrected chi connectivity index (χ3v) is 4.07. The van der Waals surface area contributed by atoms with Crippen molar-refractivity contribution in [3.05, 3.63) is 81.7 Å². The van der Waals surface area contributed by atoms with Crippen molar-refractivity contribution in [2.45, 2.75) is 6.92 Å². The van der Waals surface area contributed by atoms with Gasteiger partial charge in [0.1, 0.15) is 12.1 Å². The first-order chi connectivity index (χ1) is 14.9. The van der Waals surface area contributed by atoms with Crippen LogP contribution >= 0.6 is 0 Å². The first kappa shape index (κ1) is 21.2. The number of benzene rings is 2. The van der Waals surface area contributed by atoms with Crippen LogP contribution in [0.1, 0.15) is 26.3 Å². The van der Waals surface area contributed by atoms with Gasteiger partial charge in [-0.1, -0.05) is 17.7 Å². The van der Waals surface area contributed by atoms with Gasteiger partial charge >= 0.3 is 17.5 Å². The zero-order valence-electron chi connectivity index (χ0n) is 16.5. The summed E-state index contributed by atoms with van der Waals surface area (Å²) in [6.45, 7) is 1.88. The summed E-state index contributed by atoms with van der Waals surface area (Å²) in [5.74, 6) is -1.45. The summed E-state index contributed by atoms with van der Waals surface area (Å²) in [7, 11) is 1.25. The molecular formula is C20H17N5O6. The quantitative estimate of drug-likeness (QED) is 0.332. The van der Waals surface area contributed by atoms with E-state index in [2.05, 4.69) is 25.6 Å². The van der Waals surface area contributed by atoms with E-state index < -0.39 is 22.5 Å². The molecule has 0 bridgehead atoms. The number of methoxy groups -OCH3 is 1. The van der Waals surface area contributed by atoms with Crippen LogP contribution in [0, 0.1) is 17.0 Å². The molecule has 0 spiro atoms. The Bertz CT molecular complexity index is 1120. The van der Waals surface area contributed by atoms with Gasteiger partial charge in [0.05, 0.1) is 17.6 Å². The molecule has 11 nitrogen and oxygen atoms in total. The Balaban J connectivity index is 1.79. The zero-order chi connectivity index (χ0) is 22.4. The van der Waals surface area contributed by atoms with Crippen LogP contribution in [0.5, 0.6) is 11.6 Å². The molecule has 0 fully saturated rings. The number of hydrogen-bond donors (Lipinski definition) is 2. The molecule has 31 heavy (non-hydrogen) atoms. The monoisotopic (exact) mass is 423 g/mol. The van der Waals surface area contributed by atoms with Crippen LogP contribution in [0.2, 0.25) is 0 Å². The number of nitro groups is 1. The minimum atomic E-state index is -0.738. The number of amides is 1. The summed E-state index contributed by atoms with van der Waals surface area (Å²) in [4.78, 5) is 42.2. The lowest BCUT2D eigenvalue weighted by molar-refractivity contribution is -0.385. The van der Waals surface area contributed by atoms with Crippen LogP contribution in [0.15, 0.2) is 54.9 Å². The molecule has 0 unspecified atom stereocenters. The predicted molar refractivity (Wildman–Crippen MR) is 109 cm³/mol. The number of rotatable bonds is 7. The largest absolute Gasteiger partial charge is 0.465 e. The van der Waals surface area contributed by atoms with Gasteiger partial charge in [-0.05, 0) is 43.3 Å². The second kappa shape index (κ2) is 9.31. The first-order valence-corrected chi connectivity index (χ1v) is 8.87. The average Bonchev–Trinajstić information content (AvgIpc) is 2.77. The Kier molecular flexibility index (Phi) is 6.36. The van der Waals surface area contributed by atoms with Crippen LogP contribution in [-0.2, 0) is 4.74 Å². The fourth-order valence-electron chi connectivity index (χ4n) is 2.47. The predicted octanol–water partition coefficient (Wildman–Crippen LogP) is 3.03. The third-order valence-electron chi connectivity index (χ3n) is 4.07. The van der Waals surface area contributed by atoms with Gasteiger partial charge in [0.15, 0.2) is 0 Å². The maximum absolute atomic E-state index is 12.2. The molecule has 1 heterocycles. The molecule has 158 valence electrons. The van der Waals surface area contributed by atoms with Crippen molar-refractivity contribution in [3.8, 4) is 11.6 Å². The Morgan fingerprint density at radius 2 is 1.65 bits per heavy atom. The minimum absolute atomic E-state index is 0.198. The third kappa shape index (κ3) is 5.09. The second-order valence-electron chi connectivity index (χ2n) is 6.20. The van der Waals surface area contributed by atoms with Gasteiger partial charge in [-0.3, -0.25) is 25.8 Å². The lowest BCUT2D eigenvalue weighted by atomic mass is 10.1. The van der Waals surface area contributed by atoms with Gasteiger partial charge in [0.25, 0.3) is 5.91 Å². The molecule has 1 aromatic heterocycles. The molecule has 2 N–H and O–H groups in total. The number of aryl methyl sites for hydroxylation is 1. The van der Waals surface area contributed by atoms with Crippen molar-refractivity contribution >= 4 is 23.4 Å². The average molecular weight is 423 g/mol. The second-order valence-corrected chi connectivity index (χ2v) is 6.20. The van der Waals surface area contributed by atoms with E-state index in [-0.39, 0.29) is 23.0 Å². The van der Waals surface area contributed by atoms with E-state index in [4.69, 9.17) is 4.74 Å². The Hall–Kier alpha value is -4.54. The maximum Gasteiger partial charge on any atom is 0.374 e. The van der Waals surface area contributed by atoms with Gasteiger partial charge in [-0.2, -0.15) is 4.98 Å². The molecule has 0 atom stereocenters.